The second kappa shape index (κ2) is 5.36. The Morgan fingerprint density at radius 2 is 1.89 bits per heavy atom. The maximum atomic E-state index is 3.99. The number of nitrogens with one attached hydrogen (secondary N) is 2. The van der Waals surface area contributed by atoms with Gasteiger partial charge >= 0.3 is 0 Å². The molecule has 1 aromatic heterocycles. The zero-order valence-corrected chi connectivity index (χ0v) is 11.5. The molecule has 0 aliphatic heterocycles. The third-order valence-corrected chi connectivity index (χ3v) is 3.60. The van der Waals surface area contributed by atoms with Gasteiger partial charge in [-0.05, 0) is 50.5 Å². The predicted molar refractivity (Wildman–Crippen MR) is 74.5 cm³/mol. The maximum absolute atomic E-state index is 3.99. The van der Waals surface area contributed by atoms with E-state index in [2.05, 4.69) is 61.4 Å². The Balaban J connectivity index is 2.12. The van der Waals surface area contributed by atoms with E-state index in [0.29, 0.717) is 6.04 Å². The van der Waals surface area contributed by atoms with Crippen LogP contribution in [0.5, 0.6) is 0 Å². The Morgan fingerprint density at radius 3 is 2.56 bits per heavy atom. The van der Waals surface area contributed by atoms with E-state index in [1.54, 1.807) is 6.20 Å². The van der Waals surface area contributed by atoms with E-state index >= 15 is 0 Å². The summed E-state index contributed by atoms with van der Waals surface area (Å²) >= 11 is 0. The minimum absolute atomic E-state index is 0.266. The van der Waals surface area contributed by atoms with Gasteiger partial charge in [0.05, 0.1) is 5.69 Å². The van der Waals surface area contributed by atoms with E-state index in [4.69, 9.17) is 0 Å². The van der Waals surface area contributed by atoms with Crippen molar-refractivity contribution in [1.82, 2.24) is 15.5 Å². The summed E-state index contributed by atoms with van der Waals surface area (Å²) in [5.41, 5.74) is 5.19. The van der Waals surface area contributed by atoms with Crippen LogP contribution in [0.2, 0.25) is 0 Å². The Hall–Kier alpha value is -1.61. The minimum atomic E-state index is 0.266. The second-order valence-corrected chi connectivity index (χ2v) is 4.91. The van der Waals surface area contributed by atoms with Gasteiger partial charge in [0.1, 0.15) is 0 Å². The fourth-order valence-electron chi connectivity index (χ4n) is 2.31. The Morgan fingerprint density at radius 1 is 1.11 bits per heavy atom. The average Bonchev–Trinajstić information content (AvgIpc) is 2.86. The minimum Gasteiger partial charge on any atom is -0.302 e. The molecule has 0 aliphatic rings. The molecule has 0 amide bonds. The molecule has 2 rings (SSSR count). The highest BCUT2D eigenvalue weighted by Crippen LogP contribution is 2.22. The summed E-state index contributed by atoms with van der Waals surface area (Å²) in [5, 5.41) is 10.6. The lowest BCUT2D eigenvalue weighted by molar-refractivity contribution is 0.484. The number of hydrogen-bond donors (Lipinski definition) is 2. The van der Waals surface area contributed by atoms with Gasteiger partial charge in [0, 0.05) is 18.3 Å². The lowest BCUT2D eigenvalue weighted by Gasteiger charge is -2.21. The van der Waals surface area contributed by atoms with Crippen LogP contribution in [0.4, 0.5) is 0 Å². The SMILES string of the molecule is Cc1cccc(C(C)NC(C)c2ccn[nH]2)c1C. The van der Waals surface area contributed by atoms with Crippen molar-refractivity contribution in [1.29, 1.82) is 0 Å². The molecule has 0 fully saturated rings. The molecule has 0 bridgehead atoms. The summed E-state index contributed by atoms with van der Waals surface area (Å²) < 4.78 is 0. The molecule has 1 aromatic carbocycles. The molecule has 2 unspecified atom stereocenters. The molecule has 2 aromatic rings. The van der Waals surface area contributed by atoms with Crippen molar-refractivity contribution in [3.05, 3.63) is 52.8 Å². The van der Waals surface area contributed by atoms with Gasteiger partial charge in [-0.25, -0.2) is 0 Å². The first-order valence-corrected chi connectivity index (χ1v) is 6.41. The fourth-order valence-corrected chi connectivity index (χ4v) is 2.31. The van der Waals surface area contributed by atoms with Gasteiger partial charge in [-0.15, -0.1) is 0 Å². The number of nitrogens with zero attached hydrogens (tertiary/aromatic N) is 1. The first-order chi connectivity index (χ1) is 8.59. The van der Waals surface area contributed by atoms with Crippen LogP contribution in [-0.4, -0.2) is 10.2 Å². The third kappa shape index (κ3) is 2.62. The highest BCUT2D eigenvalue weighted by molar-refractivity contribution is 5.35. The second-order valence-electron chi connectivity index (χ2n) is 4.91. The van der Waals surface area contributed by atoms with Crippen LogP contribution in [0.1, 0.15) is 48.3 Å². The van der Waals surface area contributed by atoms with Gasteiger partial charge < -0.3 is 5.32 Å². The molecular weight excluding hydrogens is 222 g/mol. The smallest absolute Gasteiger partial charge is 0.0518 e. The third-order valence-electron chi connectivity index (χ3n) is 3.60. The Labute approximate surface area is 109 Å². The molecule has 2 atom stereocenters. The van der Waals surface area contributed by atoms with Crippen LogP contribution in [0.15, 0.2) is 30.5 Å². The molecule has 0 aliphatic carbocycles. The van der Waals surface area contributed by atoms with Crippen molar-refractivity contribution in [3.8, 4) is 0 Å². The van der Waals surface area contributed by atoms with Gasteiger partial charge in [-0.3, -0.25) is 5.10 Å². The zero-order valence-electron chi connectivity index (χ0n) is 11.5. The lowest BCUT2D eigenvalue weighted by atomic mass is 9.98. The Bertz CT molecular complexity index is 502. The van der Waals surface area contributed by atoms with Gasteiger partial charge in [0.15, 0.2) is 0 Å². The van der Waals surface area contributed by atoms with Crippen LogP contribution >= 0.6 is 0 Å². The van der Waals surface area contributed by atoms with Crippen molar-refractivity contribution < 1.29 is 0 Å². The molecule has 0 spiro atoms. The summed E-state index contributed by atoms with van der Waals surface area (Å²) in [4.78, 5) is 0. The molecule has 0 saturated heterocycles. The summed E-state index contributed by atoms with van der Waals surface area (Å²) in [6.07, 6.45) is 1.79. The standard InChI is InChI=1S/C15H21N3/c1-10-6-5-7-14(11(10)2)12(3)17-13(4)15-8-9-16-18-15/h5-9,12-13,17H,1-4H3,(H,16,18). The van der Waals surface area contributed by atoms with Crippen LogP contribution < -0.4 is 5.32 Å². The number of H-pyrrole nitrogens is 1. The fraction of sp³-hybridized carbons (Fsp3) is 0.400. The number of rotatable bonds is 4. The zero-order chi connectivity index (χ0) is 13.1. The molecular formula is C15H21N3. The lowest BCUT2D eigenvalue weighted by Crippen LogP contribution is -2.23. The van der Waals surface area contributed by atoms with E-state index in [0.717, 1.165) is 5.69 Å². The monoisotopic (exact) mass is 243 g/mol. The molecule has 2 N–H and O–H groups in total. The first kappa shape index (κ1) is 12.8. The van der Waals surface area contributed by atoms with Crippen LogP contribution in [0.3, 0.4) is 0 Å². The molecule has 0 saturated carbocycles. The Kier molecular flexibility index (Phi) is 3.82. The predicted octanol–water partition coefficient (Wildman–Crippen LogP) is 3.44. The van der Waals surface area contributed by atoms with E-state index in [9.17, 15) is 0 Å². The maximum Gasteiger partial charge on any atom is 0.0518 e. The van der Waals surface area contributed by atoms with E-state index < -0.39 is 0 Å². The molecule has 1 heterocycles. The van der Waals surface area contributed by atoms with Crippen molar-refractivity contribution in [2.24, 2.45) is 0 Å². The summed E-state index contributed by atoms with van der Waals surface area (Å²) in [5.74, 6) is 0. The van der Waals surface area contributed by atoms with E-state index in [1.165, 1.54) is 16.7 Å². The topological polar surface area (TPSA) is 40.7 Å². The van der Waals surface area contributed by atoms with Crippen molar-refractivity contribution >= 4 is 0 Å². The number of aromatic nitrogens is 2. The van der Waals surface area contributed by atoms with Crippen molar-refractivity contribution in [2.75, 3.05) is 0 Å². The highest BCUT2D eigenvalue weighted by atomic mass is 15.1. The van der Waals surface area contributed by atoms with Crippen molar-refractivity contribution in [3.63, 3.8) is 0 Å². The van der Waals surface area contributed by atoms with Crippen LogP contribution in [-0.2, 0) is 0 Å². The van der Waals surface area contributed by atoms with Gasteiger partial charge in [-0.2, -0.15) is 5.10 Å². The van der Waals surface area contributed by atoms with Gasteiger partial charge in [0.25, 0.3) is 0 Å². The summed E-state index contributed by atoms with van der Waals surface area (Å²) in [6, 6.07) is 9.07. The van der Waals surface area contributed by atoms with Crippen molar-refractivity contribution in [2.45, 2.75) is 39.8 Å². The molecule has 0 radical (unpaired) electrons. The average molecular weight is 243 g/mol. The number of aryl methyl sites for hydroxylation is 1. The number of aromatic amines is 1. The molecule has 18 heavy (non-hydrogen) atoms. The van der Waals surface area contributed by atoms with Gasteiger partial charge in [-0.1, -0.05) is 18.2 Å². The van der Waals surface area contributed by atoms with Gasteiger partial charge in [0.2, 0.25) is 0 Å². The summed E-state index contributed by atoms with van der Waals surface area (Å²) in [7, 11) is 0. The number of hydrogen-bond acceptors (Lipinski definition) is 2. The molecule has 3 heteroatoms. The van der Waals surface area contributed by atoms with Crippen LogP contribution in [0.25, 0.3) is 0 Å². The summed E-state index contributed by atoms with van der Waals surface area (Å²) in [6.45, 7) is 8.69. The molecule has 3 nitrogen and oxygen atoms in total. The number of benzene rings is 1. The van der Waals surface area contributed by atoms with Crippen LogP contribution in [0, 0.1) is 13.8 Å². The van der Waals surface area contributed by atoms with E-state index in [1.807, 2.05) is 6.07 Å². The first-order valence-electron chi connectivity index (χ1n) is 6.41. The quantitative estimate of drug-likeness (QED) is 0.863. The van der Waals surface area contributed by atoms with E-state index in [-0.39, 0.29) is 6.04 Å². The largest absolute Gasteiger partial charge is 0.302 e. The molecule has 96 valence electrons. The normalized spacial score (nSPS) is 14.4. The highest BCUT2D eigenvalue weighted by Gasteiger charge is 2.14.